The summed E-state index contributed by atoms with van der Waals surface area (Å²) < 4.78 is 5.62. The second-order valence-electron chi connectivity index (χ2n) is 9.60. The number of aliphatic hydroxyl groups excluding tert-OH is 1. The van der Waals surface area contributed by atoms with Crippen molar-refractivity contribution < 1.29 is 14.6 Å². The van der Waals surface area contributed by atoms with Crippen molar-refractivity contribution in [2.24, 2.45) is 0 Å². The Balaban J connectivity index is 2.55. The van der Waals surface area contributed by atoms with E-state index in [4.69, 9.17) is 10.1 Å². The van der Waals surface area contributed by atoms with E-state index < -0.39 is 5.91 Å². The van der Waals surface area contributed by atoms with Gasteiger partial charge in [0.2, 0.25) is 0 Å². The van der Waals surface area contributed by atoms with Crippen LogP contribution in [0.5, 0.6) is 5.75 Å². The number of carbonyl (C=O) groups is 1. The predicted octanol–water partition coefficient (Wildman–Crippen LogP) is 5.97. The van der Waals surface area contributed by atoms with Crippen molar-refractivity contribution in [1.29, 1.82) is 5.41 Å². The SMILES string of the molecule is COc1cc(NC(=O)C(C=N)=C(O)C2=CCCC=C2)c(C(C)(C)C)cc1C(C)(C)C. The summed E-state index contributed by atoms with van der Waals surface area (Å²) in [6, 6.07) is 3.91. The molecule has 1 amide bonds. The van der Waals surface area contributed by atoms with E-state index in [-0.39, 0.29) is 22.2 Å². The number of hydrogen-bond acceptors (Lipinski definition) is 4. The summed E-state index contributed by atoms with van der Waals surface area (Å²) in [7, 11) is 1.61. The third-order valence-electron chi connectivity index (χ3n) is 5.12. The Labute approximate surface area is 180 Å². The van der Waals surface area contributed by atoms with Crippen molar-refractivity contribution in [3.8, 4) is 5.75 Å². The second-order valence-corrected chi connectivity index (χ2v) is 9.60. The number of nitrogens with one attached hydrogen (secondary N) is 2. The van der Waals surface area contributed by atoms with Crippen molar-refractivity contribution in [1.82, 2.24) is 0 Å². The fraction of sp³-hybridized carbons (Fsp3) is 0.440. The van der Waals surface area contributed by atoms with Crippen LogP contribution >= 0.6 is 0 Å². The van der Waals surface area contributed by atoms with Gasteiger partial charge in [-0.15, -0.1) is 0 Å². The van der Waals surface area contributed by atoms with Gasteiger partial charge < -0.3 is 20.6 Å². The van der Waals surface area contributed by atoms with Gasteiger partial charge in [-0.05, 0) is 40.9 Å². The first-order chi connectivity index (χ1) is 13.9. The standard InChI is InChI=1S/C25H34N2O3/c1-24(2,3)18-13-19(25(4,5)6)21(30-7)14-20(18)27-23(29)17(15-26)22(28)16-11-9-8-10-12-16/h9,11-15,26,28H,8,10H2,1-7H3,(H,27,29). The monoisotopic (exact) mass is 410 g/mol. The maximum atomic E-state index is 13.0. The molecule has 0 aliphatic heterocycles. The lowest BCUT2D eigenvalue weighted by Crippen LogP contribution is -2.23. The molecule has 5 nitrogen and oxygen atoms in total. The zero-order valence-electron chi connectivity index (χ0n) is 19.1. The Morgan fingerprint density at radius 3 is 2.20 bits per heavy atom. The minimum atomic E-state index is -0.529. The zero-order valence-corrected chi connectivity index (χ0v) is 19.1. The molecule has 0 radical (unpaired) electrons. The molecule has 1 aliphatic rings. The number of aliphatic hydroxyl groups is 1. The molecule has 30 heavy (non-hydrogen) atoms. The van der Waals surface area contributed by atoms with Crippen molar-refractivity contribution >= 4 is 17.8 Å². The van der Waals surface area contributed by atoms with Gasteiger partial charge in [0, 0.05) is 23.5 Å². The van der Waals surface area contributed by atoms with E-state index in [1.807, 2.05) is 18.2 Å². The number of amides is 1. The third kappa shape index (κ3) is 5.21. The number of benzene rings is 1. The predicted molar refractivity (Wildman–Crippen MR) is 124 cm³/mol. The Morgan fingerprint density at radius 1 is 1.10 bits per heavy atom. The van der Waals surface area contributed by atoms with Crippen molar-refractivity contribution in [2.45, 2.75) is 65.2 Å². The average Bonchev–Trinajstić information content (AvgIpc) is 2.67. The molecule has 0 saturated carbocycles. The van der Waals surface area contributed by atoms with Gasteiger partial charge in [-0.3, -0.25) is 4.79 Å². The zero-order chi connectivity index (χ0) is 22.7. The van der Waals surface area contributed by atoms with E-state index >= 15 is 0 Å². The molecule has 0 fully saturated rings. The first kappa shape index (κ1) is 23.5. The molecule has 3 N–H and O–H groups in total. The molecule has 0 saturated heterocycles. The molecule has 0 unspecified atom stereocenters. The van der Waals surface area contributed by atoms with Gasteiger partial charge in [0.05, 0.1) is 12.7 Å². The van der Waals surface area contributed by atoms with E-state index in [1.54, 1.807) is 13.2 Å². The maximum absolute atomic E-state index is 13.0. The molecular formula is C25H34N2O3. The van der Waals surface area contributed by atoms with Gasteiger partial charge in [0.25, 0.3) is 5.91 Å². The number of ether oxygens (including phenoxy) is 1. The summed E-state index contributed by atoms with van der Waals surface area (Å²) in [6.45, 7) is 12.6. The lowest BCUT2D eigenvalue weighted by atomic mass is 9.79. The van der Waals surface area contributed by atoms with Crippen LogP contribution in [0.1, 0.15) is 65.5 Å². The Morgan fingerprint density at radius 2 is 1.73 bits per heavy atom. The minimum absolute atomic E-state index is 0.0773. The van der Waals surface area contributed by atoms with E-state index in [1.165, 1.54) is 0 Å². The molecule has 1 aromatic rings. The van der Waals surface area contributed by atoms with Crippen LogP contribution in [0.3, 0.4) is 0 Å². The first-order valence-corrected chi connectivity index (χ1v) is 10.2. The third-order valence-corrected chi connectivity index (χ3v) is 5.12. The molecule has 0 bridgehead atoms. The van der Waals surface area contributed by atoms with Crippen LogP contribution in [-0.2, 0) is 15.6 Å². The molecule has 1 aromatic carbocycles. The van der Waals surface area contributed by atoms with Crippen molar-refractivity contribution in [2.75, 3.05) is 12.4 Å². The largest absolute Gasteiger partial charge is 0.506 e. The fourth-order valence-corrected chi connectivity index (χ4v) is 3.43. The number of anilines is 1. The summed E-state index contributed by atoms with van der Waals surface area (Å²) in [6.07, 6.45) is 8.18. The highest BCUT2D eigenvalue weighted by Crippen LogP contribution is 2.40. The summed E-state index contributed by atoms with van der Waals surface area (Å²) in [5, 5.41) is 21.2. The topological polar surface area (TPSA) is 82.4 Å². The normalized spacial score (nSPS) is 15.2. The molecule has 0 atom stereocenters. The van der Waals surface area contributed by atoms with Crippen LogP contribution in [-0.4, -0.2) is 24.3 Å². The van der Waals surface area contributed by atoms with Gasteiger partial charge in [-0.25, -0.2) is 0 Å². The van der Waals surface area contributed by atoms with Crippen LogP contribution in [0.25, 0.3) is 0 Å². The molecule has 0 aromatic heterocycles. The average molecular weight is 411 g/mol. The summed E-state index contributed by atoms with van der Waals surface area (Å²) in [4.78, 5) is 13.0. The Kier molecular flexibility index (Phi) is 6.96. The lowest BCUT2D eigenvalue weighted by molar-refractivity contribution is -0.112. The van der Waals surface area contributed by atoms with Gasteiger partial charge >= 0.3 is 0 Å². The maximum Gasteiger partial charge on any atom is 0.261 e. The molecule has 0 spiro atoms. The van der Waals surface area contributed by atoms with E-state index in [0.717, 1.165) is 30.2 Å². The van der Waals surface area contributed by atoms with Crippen LogP contribution < -0.4 is 10.1 Å². The van der Waals surface area contributed by atoms with E-state index in [0.29, 0.717) is 17.0 Å². The molecule has 0 heterocycles. The van der Waals surface area contributed by atoms with Crippen LogP contribution in [0.15, 0.2) is 47.3 Å². The number of hydrogen-bond donors (Lipinski definition) is 3. The molecular weight excluding hydrogens is 376 g/mol. The number of allylic oxidation sites excluding steroid dienone is 3. The van der Waals surface area contributed by atoms with Crippen LogP contribution in [0, 0.1) is 5.41 Å². The van der Waals surface area contributed by atoms with Gasteiger partial charge in [0.15, 0.2) is 0 Å². The lowest BCUT2D eigenvalue weighted by Gasteiger charge is -2.29. The van der Waals surface area contributed by atoms with Gasteiger partial charge in [-0.1, -0.05) is 59.8 Å². The minimum Gasteiger partial charge on any atom is -0.506 e. The van der Waals surface area contributed by atoms with Crippen LogP contribution in [0.2, 0.25) is 0 Å². The van der Waals surface area contributed by atoms with E-state index in [2.05, 4.69) is 52.9 Å². The van der Waals surface area contributed by atoms with Crippen molar-refractivity contribution in [3.63, 3.8) is 0 Å². The summed E-state index contributed by atoms with van der Waals surface area (Å²) in [5.74, 6) is -0.0270. The van der Waals surface area contributed by atoms with E-state index in [9.17, 15) is 9.90 Å². The quantitative estimate of drug-likeness (QED) is 0.318. The summed E-state index contributed by atoms with van der Waals surface area (Å²) in [5.41, 5.74) is 2.74. The molecule has 2 rings (SSSR count). The first-order valence-electron chi connectivity index (χ1n) is 10.2. The fourth-order valence-electron chi connectivity index (χ4n) is 3.43. The number of methoxy groups -OCH3 is 1. The Bertz CT molecular complexity index is 923. The smallest absolute Gasteiger partial charge is 0.261 e. The van der Waals surface area contributed by atoms with Gasteiger partial charge in [0.1, 0.15) is 11.5 Å². The molecule has 1 aliphatic carbocycles. The molecule has 5 heteroatoms. The van der Waals surface area contributed by atoms with Crippen LogP contribution in [0.4, 0.5) is 5.69 Å². The van der Waals surface area contributed by atoms with Crippen molar-refractivity contribution in [3.05, 3.63) is 58.4 Å². The van der Waals surface area contributed by atoms with Gasteiger partial charge in [-0.2, -0.15) is 0 Å². The highest BCUT2D eigenvalue weighted by atomic mass is 16.5. The number of rotatable bonds is 5. The summed E-state index contributed by atoms with van der Waals surface area (Å²) >= 11 is 0. The highest BCUT2D eigenvalue weighted by molar-refractivity contribution is 6.18. The Hall–Kier alpha value is -2.82. The molecule has 162 valence electrons. The highest BCUT2D eigenvalue weighted by Gasteiger charge is 2.27. The number of carbonyl (C=O) groups excluding carboxylic acids is 1. The second kappa shape index (κ2) is 8.90.